The van der Waals surface area contributed by atoms with E-state index in [4.69, 9.17) is 9.47 Å². The van der Waals surface area contributed by atoms with Gasteiger partial charge in [-0.25, -0.2) is 9.67 Å². The molecule has 0 spiro atoms. The van der Waals surface area contributed by atoms with Crippen molar-refractivity contribution >= 4 is 16.9 Å². The average Bonchev–Trinajstić information content (AvgIpc) is 3.35. The summed E-state index contributed by atoms with van der Waals surface area (Å²) in [6, 6.07) is 14.5. The lowest BCUT2D eigenvalue weighted by molar-refractivity contribution is -0.0299. The second kappa shape index (κ2) is 9.46. The summed E-state index contributed by atoms with van der Waals surface area (Å²) >= 11 is 0. The second-order valence-corrected chi connectivity index (χ2v) is 8.89. The second-order valence-electron chi connectivity index (χ2n) is 8.89. The Morgan fingerprint density at radius 1 is 1.08 bits per heavy atom. The molecule has 1 aliphatic rings. The molecule has 1 fully saturated rings. The number of methoxy groups -OCH3 is 2. The Morgan fingerprint density at radius 3 is 2.53 bits per heavy atom. The molecule has 2 aromatic heterocycles. The number of carbonyl (C=O) groups excluding carboxylic acids is 1. The summed E-state index contributed by atoms with van der Waals surface area (Å²) < 4.78 is 13.6. The third-order valence-electron chi connectivity index (χ3n) is 6.64. The molecule has 4 aromatic rings. The van der Waals surface area contributed by atoms with Crippen LogP contribution < -0.4 is 15.0 Å². The Hall–Kier alpha value is -4.18. The van der Waals surface area contributed by atoms with Crippen LogP contribution in [0.25, 0.3) is 16.7 Å². The molecule has 1 saturated heterocycles. The largest absolute Gasteiger partial charge is 0.497 e. The van der Waals surface area contributed by atoms with Crippen molar-refractivity contribution in [2.24, 2.45) is 0 Å². The minimum atomic E-state index is -1.14. The van der Waals surface area contributed by atoms with E-state index in [9.17, 15) is 14.7 Å². The van der Waals surface area contributed by atoms with E-state index >= 15 is 0 Å². The average molecular weight is 490 g/mol. The molecule has 0 bridgehead atoms. The molecular formula is C26H27N5O5. The molecule has 2 aromatic carbocycles. The van der Waals surface area contributed by atoms with Crippen LogP contribution >= 0.6 is 0 Å². The lowest BCUT2D eigenvalue weighted by Gasteiger charge is -2.38. The summed E-state index contributed by atoms with van der Waals surface area (Å²) in [7, 11) is 3.06. The standard InChI is InChI=1S/C26H27N5O5/c1-35-19-8-9-20(22(14-19)36-2)24(32)29-12-10-26(34,11-13-29)16-30-17-27-23-21(25(30)33)15-28-31(23)18-6-4-3-5-7-18/h3-9,14-15,17,34H,10-13,16H2,1-2H3. The third-order valence-corrected chi connectivity index (χ3v) is 6.64. The van der Waals surface area contributed by atoms with Gasteiger partial charge >= 0.3 is 0 Å². The zero-order valence-corrected chi connectivity index (χ0v) is 20.1. The van der Waals surface area contributed by atoms with Crippen molar-refractivity contribution in [2.45, 2.75) is 25.0 Å². The van der Waals surface area contributed by atoms with Crippen LogP contribution in [0.1, 0.15) is 23.2 Å². The summed E-state index contributed by atoms with van der Waals surface area (Å²) in [5, 5.41) is 16.0. The van der Waals surface area contributed by atoms with Gasteiger partial charge in [0.1, 0.15) is 23.2 Å². The summed E-state index contributed by atoms with van der Waals surface area (Å²) in [6.45, 7) is 0.779. The zero-order valence-electron chi connectivity index (χ0n) is 20.1. The van der Waals surface area contributed by atoms with Crippen LogP contribution in [0.4, 0.5) is 0 Å². The van der Waals surface area contributed by atoms with Crippen LogP contribution in [0, 0.1) is 0 Å². The van der Waals surface area contributed by atoms with Crippen molar-refractivity contribution in [3.05, 3.63) is 77.0 Å². The fourth-order valence-corrected chi connectivity index (χ4v) is 4.57. The Balaban J connectivity index is 1.31. The number of piperidine rings is 1. The van der Waals surface area contributed by atoms with Crippen molar-refractivity contribution in [1.82, 2.24) is 24.2 Å². The van der Waals surface area contributed by atoms with Crippen LogP contribution in [-0.2, 0) is 6.54 Å². The van der Waals surface area contributed by atoms with Crippen molar-refractivity contribution in [3.8, 4) is 17.2 Å². The molecule has 10 heteroatoms. The van der Waals surface area contributed by atoms with Gasteiger partial charge in [-0.05, 0) is 37.1 Å². The van der Waals surface area contributed by atoms with Gasteiger partial charge in [0.2, 0.25) is 0 Å². The number of benzene rings is 2. The van der Waals surface area contributed by atoms with Crippen molar-refractivity contribution < 1.29 is 19.4 Å². The number of hydrogen-bond acceptors (Lipinski definition) is 7. The van der Waals surface area contributed by atoms with Gasteiger partial charge in [0.05, 0.1) is 43.8 Å². The number of rotatable bonds is 6. The van der Waals surface area contributed by atoms with E-state index in [1.807, 2.05) is 30.3 Å². The van der Waals surface area contributed by atoms with E-state index in [1.54, 1.807) is 34.9 Å². The number of ether oxygens (including phenoxy) is 2. The number of amides is 1. The smallest absolute Gasteiger partial charge is 0.264 e. The molecule has 36 heavy (non-hydrogen) atoms. The van der Waals surface area contributed by atoms with Gasteiger partial charge in [-0.2, -0.15) is 5.10 Å². The third kappa shape index (κ3) is 4.31. The highest BCUT2D eigenvalue weighted by Gasteiger charge is 2.35. The molecule has 1 N–H and O–H groups in total. The maximum Gasteiger partial charge on any atom is 0.264 e. The normalized spacial score (nSPS) is 15.1. The molecule has 0 aliphatic carbocycles. The number of nitrogens with zero attached hydrogens (tertiary/aromatic N) is 5. The molecule has 0 atom stereocenters. The Bertz CT molecular complexity index is 1450. The van der Waals surface area contributed by atoms with E-state index in [0.29, 0.717) is 54.0 Å². The van der Waals surface area contributed by atoms with E-state index in [2.05, 4.69) is 10.1 Å². The number of aromatic nitrogens is 4. The first-order valence-corrected chi connectivity index (χ1v) is 11.6. The number of carbonyl (C=O) groups is 1. The summed E-state index contributed by atoms with van der Waals surface area (Å²) in [5.74, 6) is 0.856. The first-order chi connectivity index (χ1) is 17.4. The Kier molecular flexibility index (Phi) is 6.19. The highest BCUT2D eigenvalue weighted by Crippen LogP contribution is 2.29. The van der Waals surface area contributed by atoms with Gasteiger partial charge < -0.3 is 19.5 Å². The number of likely N-dealkylation sites (tertiary alicyclic amines) is 1. The van der Waals surface area contributed by atoms with Crippen molar-refractivity contribution in [1.29, 1.82) is 0 Å². The Labute approximate surface area is 207 Å². The molecule has 186 valence electrons. The van der Waals surface area contributed by atoms with E-state index in [-0.39, 0.29) is 18.0 Å². The monoisotopic (exact) mass is 489 g/mol. The van der Waals surface area contributed by atoms with Crippen LogP contribution in [-0.4, -0.2) is 68.2 Å². The summed E-state index contributed by atoms with van der Waals surface area (Å²) in [6.07, 6.45) is 3.60. The van der Waals surface area contributed by atoms with Crippen LogP contribution in [0.15, 0.2) is 65.8 Å². The number of fused-ring (bicyclic) bond motifs is 1. The van der Waals surface area contributed by atoms with Gasteiger partial charge in [-0.15, -0.1) is 0 Å². The van der Waals surface area contributed by atoms with Crippen LogP contribution in [0.3, 0.4) is 0 Å². The highest BCUT2D eigenvalue weighted by atomic mass is 16.5. The van der Waals surface area contributed by atoms with Gasteiger partial charge in [0.25, 0.3) is 11.5 Å². The maximum absolute atomic E-state index is 13.1. The minimum absolute atomic E-state index is 0.0825. The fourth-order valence-electron chi connectivity index (χ4n) is 4.57. The van der Waals surface area contributed by atoms with Crippen LogP contribution in [0.5, 0.6) is 11.5 Å². The number of para-hydroxylation sites is 1. The van der Waals surface area contributed by atoms with E-state index in [1.165, 1.54) is 24.2 Å². The molecule has 0 unspecified atom stereocenters. The minimum Gasteiger partial charge on any atom is -0.497 e. The molecule has 1 aliphatic heterocycles. The lowest BCUT2D eigenvalue weighted by Crippen LogP contribution is -2.49. The highest BCUT2D eigenvalue weighted by molar-refractivity contribution is 5.97. The predicted octanol–water partition coefficient (Wildman–Crippen LogP) is 2.27. The summed E-state index contributed by atoms with van der Waals surface area (Å²) in [5.41, 5.74) is 0.293. The van der Waals surface area contributed by atoms with Gasteiger partial charge in [0, 0.05) is 19.2 Å². The number of aliphatic hydroxyl groups is 1. The maximum atomic E-state index is 13.1. The quantitative estimate of drug-likeness (QED) is 0.442. The number of hydrogen-bond donors (Lipinski definition) is 1. The molecule has 10 nitrogen and oxygen atoms in total. The fraction of sp³-hybridized carbons (Fsp3) is 0.308. The van der Waals surface area contributed by atoms with Gasteiger partial charge in [-0.3, -0.25) is 14.2 Å². The SMILES string of the molecule is COc1ccc(C(=O)N2CCC(O)(Cn3cnc4c(cnn4-c4ccccc4)c3=O)CC2)c(OC)c1. The first-order valence-electron chi connectivity index (χ1n) is 11.6. The predicted molar refractivity (Wildman–Crippen MR) is 133 cm³/mol. The first kappa shape index (κ1) is 23.6. The van der Waals surface area contributed by atoms with E-state index < -0.39 is 5.60 Å². The van der Waals surface area contributed by atoms with E-state index in [0.717, 1.165) is 5.69 Å². The zero-order chi connectivity index (χ0) is 25.3. The molecule has 5 rings (SSSR count). The molecule has 1 amide bonds. The molecular weight excluding hydrogens is 462 g/mol. The topological polar surface area (TPSA) is 112 Å². The van der Waals surface area contributed by atoms with Crippen molar-refractivity contribution in [2.75, 3.05) is 27.3 Å². The molecule has 0 radical (unpaired) electrons. The van der Waals surface area contributed by atoms with Crippen LogP contribution in [0.2, 0.25) is 0 Å². The van der Waals surface area contributed by atoms with Gasteiger partial charge in [-0.1, -0.05) is 18.2 Å². The van der Waals surface area contributed by atoms with Gasteiger partial charge in [0.15, 0.2) is 5.65 Å². The summed E-state index contributed by atoms with van der Waals surface area (Å²) in [4.78, 5) is 32.4. The molecule has 3 heterocycles. The Morgan fingerprint density at radius 2 is 1.83 bits per heavy atom. The molecule has 0 saturated carbocycles. The van der Waals surface area contributed by atoms with Crippen molar-refractivity contribution in [3.63, 3.8) is 0 Å². The lowest BCUT2D eigenvalue weighted by atomic mass is 9.91.